The molecule has 0 aliphatic heterocycles. The van der Waals surface area contributed by atoms with E-state index in [0.29, 0.717) is 19.8 Å². The average Bonchev–Trinajstić information content (AvgIpc) is 3.28. The summed E-state index contributed by atoms with van der Waals surface area (Å²) in [7, 11) is 0. The van der Waals surface area contributed by atoms with Gasteiger partial charge in [0.05, 0.1) is 38.6 Å². The van der Waals surface area contributed by atoms with Crippen LogP contribution in [0.25, 0.3) is 0 Å². The number of rotatable bonds is 47. The molecule has 0 aromatic carbocycles. The van der Waals surface area contributed by atoms with Crippen LogP contribution in [0.5, 0.6) is 0 Å². The molecule has 0 saturated heterocycles. The number of hydrogen-bond donors (Lipinski definition) is 0. The maximum Gasteiger partial charge on any atom is 0.310 e. The van der Waals surface area contributed by atoms with Gasteiger partial charge in [0.2, 0.25) is 0 Å². The molecule has 0 aliphatic carbocycles. The monoisotopic (exact) mass is 879 g/mol. The standard InChI is InChI=1S/C57H98O6/c1-4-7-10-13-16-19-22-25-28-31-34-37-40-43-46-49-61-55(58)52-54(57(60)63-51-48-45-42-39-36-33-30-27-24-21-18-15-12-9-6-3)53-56(59)62-50-47-44-41-38-35-32-29-26-23-20-17-14-11-8-5-2/h16-21,25-30,54H,4-15,22-24,31-53H2,1-3H3. The summed E-state index contributed by atoms with van der Waals surface area (Å²) >= 11 is 0. The molecule has 6 nitrogen and oxygen atoms in total. The molecule has 0 aromatic rings. The Labute approximate surface area is 389 Å². The van der Waals surface area contributed by atoms with Gasteiger partial charge in [0.1, 0.15) is 0 Å². The van der Waals surface area contributed by atoms with E-state index in [2.05, 4.69) is 93.7 Å². The molecule has 6 heteroatoms. The number of hydrogen-bond acceptors (Lipinski definition) is 6. The summed E-state index contributed by atoms with van der Waals surface area (Å²) in [5.41, 5.74) is 0. The van der Waals surface area contributed by atoms with Crippen LogP contribution >= 0.6 is 0 Å². The fourth-order valence-corrected chi connectivity index (χ4v) is 7.16. The third-order valence-corrected chi connectivity index (χ3v) is 11.2. The van der Waals surface area contributed by atoms with Gasteiger partial charge in [-0.3, -0.25) is 14.4 Å². The van der Waals surface area contributed by atoms with Crippen molar-refractivity contribution in [3.63, 3.8) is 0 Å². The zero-order valence-electron chi connectivity index (χ0n) is 41.3. The molecule has 0 aromatic heterocycles. The van der Waals surface area contributed by atoms with Crippen LogP contribution in [0, 0.1) is 5.92 Å². The Morgan fingerprint density at radius 3 is 0.873 bits per heavy atom. The zero-order chi connectivity index (χ0) is 45.8. The fraction of sp³-hybridized carbons (Fsp3) is 0.737. The van der Waals surface area contributed by atoms with Gasteiger partial charge in [-0.2, -0.15) is 0 Å². The van der Waals surface area contributed by atoms with E-state index in [0.717, 1.165) is 122 Å². The van der Waals surface area contributed by atoms with Crippen molar-refractivity contribution in [3.05, 3.63) is 72.9 Å². The lowest BCUT2D eigenvalue weighted by molar-refractivity contribution is -0.159. The maximum atomic E-state index is 13.1. The van der Waals surface area contributed by atoms with Crippen LogP contribution in [0.3, 0.4) is 0 Å². The van der Waals surface area contributed by atoms with Crippen molar-refractivity contribution >= 4 is 17.9 Å². The molecule has 0 saturated carbocycles. The van der Waals surface area contributed by atoms with E-state index in [1.54, 1.807) is 0 Å². The number of carbonyl (C=O) groups is 3. The highest BCUT2D eigenvalue weighted by molar-refractivity contribution is 5.84. The minimum atomic E-state index is -0.892. The second-order valence-corrected chi connectivity index (χ2v) is 17.4. The summed E-state index contributed by atoms with van der Waals surface area (Å²) in [6.45, 7) is 7.66. The quantitative estimate of drug-likeness (QED) is 0.0262. The molecule has 0 amide bonds. The molecule has 0 bridgehead atoms. The number of allylic oxidation sites excluding steroid dienone is 12. The van der Waals surface area contributed by atoms with E-state index < -0.39 is 23.8 Å². The van der Waals surface area contributed by atoms with Crippen LogP contribution in [0.4, 0.5) is 0 Å². The van der Waals surface area contributed by atoms with Gasteiger partial charge in [0.25, 0.3) is 0 Å². The molecule has 0 N–H and O–H groups in total. The van der Waals surface area contributed by atoms with E-state index in [4.69, 9.17) is 14.2 Å². The molecule has 63 heavy (non-hydrogen) atoms. The minimum Gasteiger partial charge on any atom is -0.466 e. The lowest BCUT2D eigenvalue weighted by atomic mass is 10.0. The number of carbonyl (C=O) groups excluding carboxylic acids is 3. The maximum absolute atomic E-state index is 13.1. The van der Waals surface area contributed by atoms with Gasteiger partial charge < -0.3 is 14.2 Å². The van der Waals surface area contributed by atoms with Crippen molar-refractivity contribution < 1.29 is 28.6 Å². The van der Waals surface area contributed by atoms with Gasteiger partial charge in [-0.25, -0.2) is 0 Å². The van der Waals surface area contributed by atoms with Crippen LogP contribution in [0.1, 0.15) is 245 Å². The fourth-order valence-electron chi connectivity index (χ4n) is 7.16. The normalized spacial score (nSPS) is 12.6. The third kappa shape index (κ3) is 48.2. The summed E-state index contributed by atoms with van der Waals surface area (Å²) in [4.78, 5) is 38.8. The van der Waals surface area contributed by atoms with E-state index >= 15 is 0 Å². The van der Waals surface area contributed by atoms with Crippen LogP contribution in [-0.4, -0.2) is 37.7 Å². The summed E-state index contributed by atoms with van der Waals surface area (Å²) in [5, 5.41) is 0. The SMILES string of the molecule is CCCCCC=CCC=CCCCCCCCOC(=O)CC(CC(=O)OCCCCCCCC=CCC=CCCCCC)C(=O)OCCCCCCCC=CCC=CCCCCC. The molecular formula is C57H98O6. The number of unbranched alkanes of at least 4 members (excludes halogenated alkanes) is 24. The van der Waals surface area contributed by atoms with Crippen molar-refractivity contribution in [1.29, 1.82) is 0 Å². The summed E-state index contributed by atoms with van der Waals surface area (Å²) in [6.07, 6.45) is 64.1. The lowest BCUT2D eigenvalue weighted by Gasteiger charge is -2.15. The van der Waals surface area contributed by atoms with Gasteiger partial charge in [0.15, 0.2) is 0 Å². The highest BCUT2D eigenvalue weighted by Crippen LogP contribution is 2.17. The van der Waals surface area contributed by atoms with E-state index in [-0.39, 0.29) is 12.8 Å². The van der Waals surface area contributed by atoms with Crippen LogP contribution < -0.4 is 0 Å². The first-order chi connectivity index (χ1) is 31.0. The van der Waals surface area contributed by atoms with Gasteiger partial charge in [-0.1, -0.05) is 190 Å². The largest absolute Gasteiger partial charge is 0.466 e. The average molecular weight is 879 g/mol. The third-order valence-electron chi connectivity index (χ3n) is 11.2. The van der Waals surface area contributed by atoms with E-state index in [1.807, 2.05) is 0 Å². The molecule has 0 rings (SSSR count). The molecule has 362 valence electrons. The second kappa shape index (κ2) is 51.5. The summed E-state index contributed by atoms with van der Waals surface area (Å²) in [6, 6.07) is 0. The Balaban J connectivity index is 4.48. The Morgan fingerprint density at radius 2 is 0.571 bits per heavy atom. The number of ether oxygens (including phenoxy) is 3. The van der Waals surface area contributed by atoms with Gasteiger partial charge in [0, 0.05) is 0 Å². The molecule has 0 fully saturated rings. The Bertz CT molecular complexity index is 1130. The van der Waals surface area contributed by atoms with Crippen LogP contribution in [0.2, 0.25) is 0 Å². The molecule has 0 aliphatic rings. The smallest absolute Gasteiger partial charge is 0.310 e. The van der Waals surface area contributed by atoms with Crippen molar-refractivity contribution in [3.8, 4) is 0 Å². The first kappa shape index (κ1) is 59.9. The Morgan fingerprint density at radius 1 is 0.317 bits per heavy atom. The predicted octanol–water partition coefficient (Wildman–Crippen LogP) is 17.3. The lowest BCUT2D eigenvalue weighted by Crippen LogP contribution is -2.26. The van der Waals surface area contributed by atoms with Crippen molar-refractivity contribution in [2.24, 2.45) is 5.92 Å². The van der Waals surface area contributed by atoms with Gasteiger partial charge in [-0.15, -0.1) is 0 Å². The molecule has 0 atom stereocenters. The molecule has 0 spiro atoms. The van der Waals surface area contributed by atoms with Crippen molar-refractivity contribution in [2.45, 2.75) is 245 Å². The number of esters is 3. The Hall–Kier alpha value is -3.15. The topological polar surface area (TPSA) is 78.9 Å². The van der Waals surface area contributed by atoms with Crippen LogP contribution in [-0.2, 0) is 28.6 Å². The predicted molar refractivity (Wildman–Crippen MR) is 270 cm³/mol. The van der Waals surface area contributed by atoms with E-state index in [9.17, 15) is 14.4 Å². The van der Waals surface area contributed by atoms with Gasteiger partial charge >= 0.3 is 17.9 Å². The van der Waals surface area contributed by atoms with Gasteiger partial charge in [-0.05, 0) is 116 Å². The molecular weight excluding hydrogens is 781 g/mol. The van der Waals surface area contributed by atoms with Crippen LogP contribution in [0.15, 0.2) is 72.9 Å². The van der Waals surface area contributed by atoms with Crippen molar-refractivity contribution in [1.82, 2.24) is 0 Å². The Kier molecular flexibility index (Phi) is 48.9. The highest BCUT2D eigenvalue weighted by atomic mass is 16.5. The second-order valence-electron chi connectivity index (χ2n) is 17.4. The summed E-state index contributed by atoms with van der Waals surface area (Å²) in [5.74, 6) is -2.32. The van der Waals surface area contributed by atoms with Crippen molar-refractivity contribution in [2.75, 3.05) is 19.8 Å². The minimum absolute atomic E-state index is 0.167. The molecule has 0 heterocycles. The molecule has 0 radical (unpaired) electrons. The zero-order valence-corrected chi connectivity index (χ0v) is 41.3. The molecule has 0 unspecified atom stereocenters. The first-order valence-electron chi connectivity index (χ1n) is 26.4. The first-order valence-corrected chi connectivity index (χ1v) is 26.4. The highest BCUT2D eigenvalue weighted by Gasteiger charge is 2.28. The summed E-state index contributed by atoms with van der Waals surface area (Å²) < 4.78 is 16.6. The van der Waals surface area contributed by atoms with E-state index in [1.165, 1.54) is 89.9 Å².